The van der Waals surface area contributed by atoms with Crippen LogP contribution in [0.15, 0.2) is 18.3 Å². The van der Waals surface area contributed by atoms with Crippen molar-refractivity contribution in [3.05, 3.63) is 40.3 Å². The van der Waals surface area contributed by atoms with Crippen LogP contribution in [0.5, 0.6) is 0 Å². The van der Waals surface area contributed by atoms with Crippen molar-refractivity contribution in [1.82, 2.24) is 9.88 Å². The second kappa shape index (κ2) is 6.62. The third-order valence-corrected chi connectivity index (χ3v) is 6.47. The number of rotatable bonds is 2. The first-order chi connectivity index (χ1) is 13.2. The van der Waals surface area contributed by atoms with Crippen molar-refractivity contribution in [2.75, 3.05) is 31.7 Å². The van der Waals surface area contributed by atoms with E-state index in [1.165, 1.54) is 4.90 Å². The molecule has 1 spiro atoms. The molecular weight excluding hydrogens is 379 g/mol. The molecule has 28 heavy (non-hydrogen) atoms. The van der Waals surface area contributed by atoms with Gasteiger partial charge < -0.3 is 16.0 Å². The predicted molar refractivity (Wildman–Crippen MR) is 110 cm³/mol. The first-order valence-electron chi connectivity index (χ1n) is 9.48. The summed E-state index contributed by atoms with van der Waals surface area (Å²) in [6.45, 7) is 3.05. The second-order valence-corrected chi connectivity index (χ2v) is 8.66. The number of nitrogens with two attached hydrogens (primary N) is 1. The largest absolute Gasteiger partial charge is 0.398 e. The molecule has 7 heteroatoms. The number of anilines is 2. The van der Waals surface area contributed by atoms with Gasteiger partial charge in [0.1, 0.15) is 11.6 Å². The minimum absolute atomic E-state index is 0.0542. The molecule has 1 saturated carbocycles. The number of hydrogen-bond donors (Lipinski definition) is 2. The Labute approximate surface area is 169 Å². The van der Waals surface area contributed by atoms with Crippen LogP contribution in [0, 0.1) is 11.7 Å². The molecule has 5 nitrogen and oxygen atoms in total. The topological polar surface area (TPSA) is 71.2 Å². The van der Waals surface area contributed by atoms with Crippen LogP contribution < -0.4 is 11.1 Å². The number of amides is 1. The Morgan fingerprint density at radius 3 is 2.79 bits per heavy atom. The summed E-state index contributed by atoms with van der Waals surface area (Å²) in [5, 5.41) is 3.88. The van der Waals surface area contributed by atoms with Gasteiger partial charge in [-0.1, -0.05) is 18.5 Å². The number of fused-ring (bicyclic) bond motifs is 2. The van der Waals surface area contributed by atoms with Crippen LogP contribution in [0.3, 0.4) is 0 Å². The summed E-state index contributed by atoms with van der Waals surface area (Å²) in [5.41, 5.74) is 7.53. The summed E-state index contributed by atoms with van der Waals surface area (Å²) in [4.78, 5) is 18.3. The van der Waals surface area contributed by atoms with Crippen LogP contribution >= 0.6 is 11.6 Å². The number of aromatic nitrogens is 1. The Morgan fingerprint density at radius 2 is 2.14 bits per heavy atom. The van der Waals surface area contributed by atoms with E-state index in [9.17, 15) is 4.79 Å². The molecule has 1 fully saturated rings. The first-order valence-corrected chi connectivity index (χ1v) is 9.86. The van der Waals surface area contributed by atoms with Gasteiger partial charge in [-0.3, -0.25) is 4.79 Å². The van der Waals surface area contributed by atoms with E-state index < -0.39 is 11.7 Å². The van der Waals surface area contributed by atoms with Gasteiger partial charge in [0.2, 0.25) is 0 Å². The Balaban J connectivity index is 1.88. The predicted octanol–water partition coefficient (Wildman–Crippen LogP) is 4.31. The van der Waals surface area contributed by atoms with Crippen LogP contribution in [0.2, 0.25) is 5.02 Å². The van der Waals surface area contributed by atoms with E-state index in [4.69, 9.17) is 17.3 Å². The fourth-order valence-corrected chi connectivity index (χ4v) is 5.10. The smallest absolute Gasteiger partial charge is 0.258 e. The maximum atomic E-state index is 15.4. The SMILES string of the molecule is CC1CCC2(CNc3ncc(-c4ccc(N)c(C(=O)N(C)C)c4F)c(Cl)c32)C1. The summed E-state index contributed by atoms with van der Waals surface area (Å²) in [5.74, 6) is 0.250. The third kappa shape index (κ3) is 2.73. The average molecular weight is 403 g/mol. The quantitative estimate of drug-likeness (QED) is 0.734. The highest BCUT2D eigenvalue weighted by atomic mass is 35.5. The summed E-state index contributed by atoms with van der Waals surface area (Å²) in [6, 6.07) is 3.11. The van der Waals surface area contributed by atoms with Crippen LogP contribution in [0.25, 0.3) is 11.1 Å². The van der Waals surface area contributed by atoms with E-state index in [0.29, 0.717) is 16.5 Å². The lowest BCUT2D eigenvalue weighted by Gasteiger charge is -2.25. The highest BCUT2D eigenvalue weighted by molar-refractivity contribution is 6.34. The van der Waals surface area contributed by atoms with Gasteiger partial charge in [-0.15, -0.1) is 0 Å². The maximum Gasteiger partial charge on any atom is 0.258 e. The molecule has 1 aromatic carbocycles. The molecule has 1 aliphatic carbocycles. The summed E-state index contributed by atoms with van der Waals surface area (Å²) < 4.78 is 15.4. The van der Waals surface area contributed by atoms with E-state index in [1.54, 1.807) is 32.4 Å². The molecule has 2 unspecified atom stereocenters. The van der Waals surface area contributed by atoms with Crippen LogP contribution in [0.1, 0.15) is 42.1 Å². The third-order valence-electron chi connectivity index (χ3n) is 6.08. The number of halogens is 2. The number of carbonyl (C=O) groups is 1. The van der Waals surface area contributed by atoms with Crippen molar-refractivity contribution in [3.63, 3.8) is 0 Å². The van der Waals surface area contributed by atoms with E-state index in [-0.39, 0.29) is 22.2 Å². The van der Waals surface area contributed by atoms with Gasteiger partial charge in [0, 0.05) is 54.6 Å². The number of benzene rings is 1. The highest BCUT2D eigenvalue weighted by Crippen LogP contribution is 2.53. The van der Waals surface area contributed by atoms with E-state index >= 15 is 4.39 Å². The summed E-state index contributed by atoms with van der Waals surface area (Å²) in [6.07, 6.45) is 4.78. The molecule has 3 N–H and O–H groups in total. The summed E-state index contributed by atoms with van der Waals surface area (Å²) >= 11 is 6.84. The molecule has 2 aromatic rings. The number of nitrogens with zero attached hydrogens (tertiary/aromatic N) is 2. The monoisotopic (exact) mass is 402 g/mol. The van der Waals surface area contributed by atoms with Crippen molar-refractivity contribution in [2.45, 2.75) is 31.6 Å². The van der Waals surface area contributed by atoms with Crippen molar-refractivity contribution in [3.8, 4) is 11.1 Å². The Morgan fingerprint density at radius 1 is 1.39 bits per heavy atom. The molecular formula is C21H24ClFN4O. The molecule has 0 bridgehead atoms. The number of nitrogen functional groups attached to an aromatic ring is 1. The van der Waals surface area contributed by atoms with Crippen molar-refractivity contribution >= 4 is 29.0 Å². The minimum Gasteiger partial charge on any atom is -0.398 e. The molecule has 2 heterocycles. The molecule has 1 aromatic heterocycles. The van der Waals surface area contributed by atoms with E-state index in [1.807, 2.05) is 0 Å². The van der Waals surface area contributed by atoms with Crippen LogP contribution in [0.4, 0.5) is 15.9 Å². The zero-order valence-corrected chi connectivity index (χ0v) is 17.0. The molecule has 148 valence electrons. The number of nitrogens with one attached hydrogen (secondary N) is 1. The van der Waals surface area contributed by atoms with Crippen molar-refractivity contribution in [2.24, 2.45) is 5.92 Å². The zero-order chi connectivity index (χ0) is 20.2. The van der Waals surface area contributed by atoms with E-state index in [2.05, 4.69) is 17.2 Å². The van der Waals surface area contributed by atoms with Gasteiger partial charge in [0.25, 0.3) is 5.91 Å². The van der Waals surface area contributed by atoms with Gasteiger partial charge >= 0.3 is 0 Å². The Kier molecular flexibility index (Phi) is 4.49. The number of pyridine rings is 1. The van der Waals surface area contributed by atoms with Crippen LogP contribution in [-0.4, -0.2) is 36.4 Å². The molecule has 0 radical (unpaired) electrons. The average Bonchev–Trinajstić information content (AvgIpc) is 3.20. The second-order valence-electron chi connectivity index (χ2n) is 8.28. The molecule has 1 amide bonds. The maximum absolute atomic E-state index is 15.4. The molecule has 4 rings (SSSR count). The van der Waals surface area contributed by atoms with Gasteiger partial charge in [-0.2, -0.15) is 0 Å². The molecule has 0 saturated heterocycles. The Hall–Kier alpha value is -2.34. The lowest BCUT2D eigenvalue weighted by Crippen LogP contribution is -2.25. The molecule has 2 aliphatic rings. The molecule has 2 atom stereocenters. The minimum atomic E-state index is -0.665. The van der Waals surface area contributed by atoms with Crippen LogP contribution in [-0.2, 0) is 5.41 Å². The number of carbonyl (C=O) groups excluding carboxylic acids is 1. The van der Waals surface area contributed by atoms with E-state index in [0.717, 1.165) is 37.2 Å². The highest BCUT2D eigenvalue weighted by Gasteiger charge is 2.46. The van der Waals surface area contributed by atoms with Gasteiger partial charge in [-0.25, -0.2) is 9.37 Å². The lowest BCUT2D eigenvalue weighted by atomic mass is 9.80. The van der Waals surface area contributed by atoms with Crippen molar-refractivity contribution < 1.29 is 9.18 Å². The zero-order valence-electron chi connectivity index (χ0n) is 16.3. The Bertz CT molecular complexity index is 973. The first kappa shape index (κ1) is 19.0. The fourth-order valence-electron chi connectivity index (χ4n) is 4.66. The lowest BCUT2D eigenvalue weighted by molar-refractivity contribution is 0.0824. The van der Waals surface area contributed by atoms with Gasteiger partial charge in [0.15, 0.2) is 0 Å². The fraction of sp³-hybridized carbons (Fsp3) is 0.429. The number of hydrogen-bond acceptors (Lipinski definition) is 4. The van der Waals surface area contributed by atoms with Crippen molar-refractivity contribution in [1.29, 1.82) is 0 Å². The van der Waals surface area contributed by atoms with Gasteiger partial charge in [-0.05, 0) is 37.3 Å². The summed E-state index contributed by atoms with van der Waals surface area (Å²) in [7, 11) is 3.13. The normalized spacial score (nSPS) is 23.0. The molecule has 1 aliphatic heterocycles. The van der Waals surface area contributed by atoms with Gasteiger partial charge in [0.05, 0.1) is 10.6 Å². The standard InChI is InChI=1S/C21H24ClFN4O/c1-11-6-7-21(8-11)10-26-19-16(21)17(22)13(9-25-19)12-4-5-14(24)15(18(12)23)20(28)27(2)3/h4-5,9,11H,6-8,10,24H2,1-3H3,(H,25,26).